The zero-order valence-electron chi connectivity index (χ0n) is 12.4. The summed E-state index contributed by atoms with van der Waals surface area (Å²) in [5, 5.41) is 0. The highest BCUT2D eigenvalue weighted by Crippen LogP contribution is 2.37. The van der Waals surface area contributed by atoms with Gasteiger partial charge >= 0.3 is 18.0 Å². The Kier molecular flexibility index (Phi) is 5.41. The van der Waals surface area contributed by atoms with Crippen LogP contribution >= 0.6 is 0 Å². The van der Waals surface area contributed by atoms with Crippen molar-refractivity contribution < 1.29 is 32.2 Å². The molecule has 0 aliphatic carbocycles. The Labute approximate surface area is 130 Å². The summed E-state index contributed by atoms with van der Waals surface area (Å²) in [5.74, 6) is -3.80. The molecule has 0 N–H and O–H groups in total. The van der Waals surface area contributed by atoms with Crippen LogP contribution in [0.15, 0.2) is 36.2 Å². The minimum Gasteiger partial charge on any atom is -0.465 e. The first-order chi connectivity index (χ1) is 10.9. The molecule has 0 saturated carbocycles. The molecule has 23 heavy (non-hydrogen) atoms. The van der Waals surface area contributed by atoms with Crippen LogP contribution in [0.2, 0.25) is 0 Å². The van der Waals surface area contributed by atoms with Gasteiger partial charge in [-0.25, -0.2) is 4.39 Å². The van der Waals surface area contributed by atoms with Gasteiger partial charge in [0.15, 0.2) is 5.83 Å². The summed E-state index contributed by atoms with van der Waals surface area (Å²) < 4.78 is 46.5. The molecule has 0 aromatic heterocycles. The lowest BCUT2D eigenvalue weighted by Gasteiger charge is -2.18. The van der Waals surface area contributed by atoms with Gasteiger partial charge in [-0.15, -0.1) is 0 Å². The molecule has 0 spiro atoms. The number of hydrogen-bond donors (Lipinski definition) is 0. The second-order valence-corrected chi connectivity index (χ2v) is 5.16. The van der Waals surface area contributed by atoms with Crippen LogP contribution in [-0.4, -0.2) is 18.5 Å². The van der Waals surface area contributed by atoms with Crippen LogP contribution < -0.4 is 0 Å². The molecule has 2 rings (SSSR count). The summed E-state index contributed by atoms with van der Waals surface area (Å²) >= 11 is 0. The molecule has 124 valence electrons. The summed E-state index contributed by atoms with van der Waals surface area (Å²) in [6, 6.07) is 7.11. The van der Waals surface area contributed by atoms with E-state index >= 15 is 0 Å². The van der Waals surface area contributed by atoms with Crippen LogP contribution in [0.25, 0.3) is 0 Å². The van der Waals surface area contributed by atoms with Crippen molar-refractivity contribution in [3.05, 3.63) is 47.3 Å². The minimum atomic E-state index is -2.43. The SMILES string of the molecule is Cc1ccccc1[C@@H]1OC(=O)C[C@@H]1C(=O)OCCC(F)=C(F)F. The van der Waals surface area contributed by atoms with Crippen molar-refractivity contribution in [2.24, 2.45) is 5.92 Å². The fraction of sp³-hybridized carbons (Fsp3) is 0.375. The molecule has 4 nitrogen and oxygen atoms in total. The lowest BCUT2D eigenvalue weighted by atomic mass is 9.92. The molecule has 0 radical (unpaired) electrons. The van der Waals surface area contributed by atoms with Gasteiger partial charge < -0.3 is 9.47 Å². The number of rotatable bonds is 5. The quantitative estimate of drug-likeness (QED) is 0.775. The molecule has 1 aliphatic heterocycles. The van der Waals surface area contributed by atoms with E-state index in [0.29, 0.717) is 5.56 Å². The average Bonchev–Trinajstić information content (AvgIpc) is 2.89. The standard InChI is InChI=1S/C16H15F3O4/c1-9-4-2-3-5-10(9)14-11(8-13(20)23-14)16(21)22-7-6-12(17)15(18)19/h2-5,11,14H,6-8H2,1H3/t11-,14-/m0/s1. The fourth-order valence-corrected chi connectivity index (χ4v) is 2.39. The first-order valence-electron chi connectivity index (χ1n) is 7.01. The van der Waals surface area contributed by atoms with E-state index in [0.717, 1.165) is 5.56 Å². The summed E-state index contributed by atoms with van der Waals surface area (Å²) in [5.41, 5.74) is 1.53. The van der Waals surface area contributed by atoms with E-state index in [9.17, 15) is 22.8 Å². The molecule has 1 aromatic carbocycles. The summed E-state index contributed by atoms with van der Waals surface area (Å²) in [4.78, 5) is 23.6. The van der Waals surface area contributed by atoms with Gasteiger partial charge in [-0.1, -0.05) is 24.3 Å². The van der Waals surface area contributed by atoms with E-state index in [1.165, 1.54) is 0 Å². The summed E-state index contributed by atoms with van der Waals surface area (Å²) in [6.07, 6.45) is -4.08. The molecule has 1 aromatic rings. The maximum absolute atomic E-state index is 12.7. The predicted octanol–water partition coefficient (Wildman–Crippen LogP) is 3.61. The highest BCUT2D eigenvalue weighted by molar-refractivity contribution is 5.84. The van der Waals surface area contributed by atoms with Crippen LogP contribution in [0.4, 0.5) is 13.2 Å². The van der Waals surface area contributed by atoms with Crippen molar-refractivity contribution in [2.75, 3.05) is 6.61 Å². The lowest BCUT2D eigenvalue weighted by molar-refractivity contribution is -0.150. The molecule has 1 heterocycles. The highest BCUT2D eigenvalue weighted by Gasteiger charge is 2.42. The maximum atomic E-state index is 12.7. The number of carbonyl (C=O) groups is 2. The number of esters is 2. The van der Waals surface area contributed by atoms with Gasteiger partial charge in [0.1, 0.15) is 12.0 Å². The van der Waals surface area contributed by atoms with Crippen LogP contribution in [-0.2, 0) is 19.1 Å². The monoisotopic (exact) mass is 328 g/mol. The number of hydrogen-bond acceptors (Lipinski definition) is 4. The summed E-state index contributed by atoms with van der Waals surface area (Å²) in [6.45, 7) is 1.29. The van der Waals surface area contributed by atoms with Crippen molar-refractivity contribution in [2.45, 2.75) is 25.9 Å². The van der Waals surface area contributed by atoms with E-state index in [1.54, 1.807) is 12.1 Å². The Hall–Kier alpha value is -2.31. The van der Waals surface area contributed by atoms with Crippen LogP contribution in [0.3, 0.4) is 0 Å². The summed E-state index contributed by atoms with van der Waals surface area (Å²) in [7, 11) is 0. The molecule has 7 heteroatoms. The Morgan fingerprint density at radius 2 is 2.00 bits per heavy atom. The highest BCUT2D eigenvalue weighted by atomic mass is 19.3. The molecule has 1 fully saturated rings. The van der Waals surface area contributed by atoms with Crippen molar-refractivity contribution >= 4 is 11.9 Å². The number of halogens is 3. The number of cyclic esters (lactones) is 1. The zero-order valence-corrected chi connectivity index (χ0v) is 12.4. The third-order valence-corrected chi connectivity index (χ3v) is 3.58. The number of carbonyl (C=O) groups excluding carboxylic acids is 2. The molecule has 2 atom stereocenters. The fourth-order valence-electron chi connectivity index (χ4n) is 2.39. The van der Waals surface area contributed by atoms with Crippen molar-refractivity contribution in [1.29, 1.82) is 0 Å². The first-order valence-corrected chi connectivity index (χ1v) is 7.01. The Morgan fingerprint density at radius 1 is 1.30 bits per heavy atom. The first kappa shape index (κ1) is 17.1. The topological polar surface area (TPSA) is 52.6 Å². The third kappa shape index (κ3) is 4.12. The smallest absolute Gasteiger partial charge is 0.313 e. The predicted molar refractivity (Wildman–Crippen MR) is 74.0 cm³/mol. The number of benzene rings is 1. The van der Waals surface area contributed by atoms with Gasteiger partial charge in [-0.2, -0.15) is 8.78 Å². The van der Waals surface area contributed by atoms with Crippen molar-refractivity contribution in [1.82, 2.24) is 0 Å². The van der Waals surface area contributed by atoms with Gasteiger partial charge in [0.25, 0.3) is 0 Å². The van der Waals surface area contributed by atoms with Crippen molar-refractivity contribution in [3.8, 4) is 0 Å². The van der Waals surface area contributed by atoms with E-state index in [1.807, 2.05) is 19.1 Å². The maximum Gasteiger partial charge on any atom is 0.313 e. The largest absolute Gasteiger partial charge is 0.465 e. The molecule has 0 bridgehead atoms. The number of aryl methyl sites for hydroxylation is 1. The van der Waals surface area contributed by atoms with Gasteiger partial charge in [-0.05, 0) is 18.1 Å². The minimum absolute atomic E-state index is 0.159. The van der Waals surface area contributed by atoms with E-state index in [4.69, 9.17) is 9.47 Å². The van der Waals surface area contributed by atoms with Gasteiger partial charge in [0.2, 0.25) is 0 Å². The normalized spacial score (nSPS) is 20.1. The van der Waals surface area contributed by atoms with Gasteiger partial charge in [0.05, 0.1) is 13.0 Å². The van der Waals surface area contributed by atoms with Crippen LogP contribution in [0.5, 0.6) is 0 Å². The Balaban J connectivity index is 2.05. The Morgan fingerprint density at radius 3 is 2.65 bits per heavy atom. The van der Waals surface area contributed by atoms with Crippen LogP contribution in [0.1, 0.15) is 30.1 Å². The molecule has 0 unspecified atom stereocenters. The lowest BCUT2D eigenvalue weighted by Crippen LogP contribution is -2.22. The van der Waals surface area contributed by atoms with E-state index in [-0.39, 0.29) is 6.42 Å². The molecule has 1 aliphatic rings. The van der Waals surface area contributed by atoms with E-state index in [2.05, 4.69) is 0 Å². The van der Waals surface area contributed by atoms with Crippen LogP contribution in [0, 0.1) is 12.8 Å². The Bertz CT molecular complexity index is 638. The second-order valence-electron chi connectivity index (χ2n) is 5.16. The average molecular weight is 328 g/mol. The molecule has 1 saturated heterocycles. The molecular formula is C16H15F3O4. The zero-order chi connectivity index (χ0) is 17.0. The second kappa shape index (κ2) is 7.30. The molecular weight excluding hydrogens is 313 g/mol. The van der Waals surface area contributed by atoms with Crippen molar-refractivity contribution in [3.63, 3.8) is 0 Å². The van der Waals surface area contributed by atoms with E-state index < -0.39 is 48.9 Å². The van der Waals surface area contributed by atoms with Gasteiger partial charge in [-0.3, -0.25) is 9.59 Å². The molecule has 0 amide bonds. The van der Waals surface area contributed by atoms with Gasteiger partial charge in [0, 0.05) is 6.42 Å². The number of ether oxygens (including phenoxy) is 2. The third-order valence-electron chi connectivity index (χ3n) is 3.58.